The molecule has 86 heavy (non-hydrogen) atoms. The predicted molar refractivity (Wildman–Crippen MR) is 372 cm³/mol. The van der Waals surface area contributed by atoms with Crippen LogP contribution in [-0.2, 0) is 0 Å². The number of aryl methyl sites for hydroxylation is 12. The number of fused-ring (bicyclic) bond motifs is 6. The van der Waals surface area contributed by atoms with Gasteiger partial charge < -0.3 is 9.13 Å². The van der Waals surface area contributed by atoms with E-state index in [2.05, 4.69) is 322 Å². The SMILES string of the molecule is Cc1cc(C)c(B(c2cc(C#Cc3ccc(-n4c5ccccc5c5ccccc54)cc3)c(B(c3c(C)cc(C)cc3C)c3c(C)cc(C)cc3C)cc2C#Cc2ccc(-n3c4ccccc4c4ccccc43)cc2)c2c(C)cc(C)cc2C)c(C)c1. The van der Waals surface area contributed by atoms with Gasteiger partial charge in [-0.2, -0.15) is 0 Å². The Bertz CT molecular complexity index is 4390. The minimum Gasteiger partial charge on any atom is -0.309 e. The second-order valence-electron chi connectivity index (χ2n) is 24.5. The summed E-state index contributed by atoms with van der Waals surface area (Å²) in [4.78, 5) is 0. The zero-order chi connectivity index (χ0) is 59.7. The molecule has 2 heterocycles. The molecule has 4 heteroatoms. The molecule has 2 aromatic heterocycles. The van der Waals surface area contributed by atoms with Crippen LogP contribution in [0.1, 0.15) is 89.0 Å². The van der Waals surface area contributed by atoms with E-state index in [-0.39, 0.29) is 13.4 Å². The Morgan fingerprint density at radius 3 is 0.733 bits per heavy atom. The third-order valence-electron chi connectivity index (χ3n) is 18.0. The van der Waals surface area contributed by atoms with Gasteiger partial charge in [-0.1, -0.05) is 257 Å². The maximum Gasteiger partial charge on any atom is 0.244 e. The van der Waals surface area contributed by atoms with Crippen LogP contribution in [0.15, 0.2) is 206 Å². The summed E-state index contributed by atoms with van der Waals surface area (Å²) in [6.45, 7) is 26.9. The fourth-order valence-electron chi connectivity index (χ4n) is 14.9. The summed E-state index contributed by atoms with van der Waals surface area (Å²) in [6, 6.07) is 76.3. The molecule has 11 aromatic carbocycles. The van der Waals surface area contributed by atoms with Crippen LogP contribution in [0.25, 0.3) is 55.0 Å². The largest absolute Gasteiger partial charge is 0.309 e. The van der Waals surface area contributed by atoms with Crippen LogP contribution in [0.3, 0.4) is 0 Å². The third kappa shape index (κ3) is 9.94. The molecule has 0 aliphatic carbocycles. The molecule has 0 amide bonds. The highest BCUT2D eigenvalue weighted by atomic mass is 15.0. The van der Waals surface area contributed by atoms with Crippen molar-refractivity contribution in [2.75, 3.05) is 0 Å². The van der Waals surface area contributed by atoms with Crippen LogP contribution in [0.2, 0.25) is 0 Å². The topological polar surface area (TPSA) is 9.86 Å². The molecular weight excluding hydrogens is 1030 g/mol. The highest BCUT2D eigenvalue weighted by Crippen LogP contribution is 2.34. The number of para-hydroxylation sites is 4. The van der Waals surface area contributed by atoms with Gasteiger partial charge in [0.1, 0.15) is 0 Å². The first-order valence-electron chi connectivity index (χ1n) is 30.3. The minimum atomic E-state index is -0.164. The molecule has 2 nitrogen and oxygen atoms in total. The Kier molecular flexibility index (Phi) is 14.4. The zero-order valence-electron chi connectivity index (χ0n) is 51.7. The summed E-state index contributed by atoms with van der Waals surface area (Å²) in [7, 11) is 0. The molecule has 0 aliphatic rings. The van der Waals surface area contributed by atoms with E-state index in [1.54, 1.807) is 0 Å². The van der Waals surface area contributed by atoms with Crippen LogP contribution >= 0.6 is 0 Å². The van der Waals surface area contributed by atoms with Gasteiger partial charge in [0, 0.05) is 55.2 Å². The maximum absolute atomic E-state index is 3.98. The second-order valence-corrected chi connectivity index (χ2v) is 24.5. The van der Waals surface area contributed by atoms with Gasteiger partial charge in [0.15, 0.2) is 0 Å². The van der Waals surface area contributed by atoms with Gasteiger partial charge in [-0.25, -0.2) is 0 Å². The molecule has 0 N–H and O–H groups in total. The van der Waals surface area contributed by atoms with Gasteiger partial charge >= 0.3 is 0 Å². The fourth-order valence-corrected chi connectivity index (χ4v) is 14.9. The van der Waals surface area contributed by atoms with Crippen molar-refractivity contribution in [1.82, 2.24) is 9.13 Å². The molecule has 13 aromatic rings. The summed E-state index contributed by atoms with van der Waals surface area (Å²) in [5.41, 5.74) is 33.5. The number of hydrogen-bond acceptors (Lipinski definition) is 0. The lowest BCUT2D eigenvalue weighted by Gasteiger charge is -2.28. The van der Waals surface area contributed by atoms with Crippen molar-refractivity contribution in [3.63, 3.8) is 0 Å². The first kappa shape index (κ1) is 55.5. The standard InChI is InChI=1S/C82H70B2N2/c1-51-41-55(5)79(56(6)42-51)83(80-57(7)43-52(2)44-58(80)8)73-49-66(36-30-64-33-39-68(40-34-64)86-77-27-19-15-23-71(77)72-24-16-20-28-78(72)86)74(84(81-59(9)45-53(3)46-60(81)10)82-61(11)47-54(4)48-62(82)12)50-65(73)35-29-63-31-37-67(38-32-63)85-75-25-17-13-21-69(75)70-22-14-18-26-76(70)85/h13-28,31-34,37-50H,1-12H3. The molecule has 414 valence electrons. The summed E-state index contributed by atoms with van der Waals surface area (Å²) >= 11 is 0. The Balaban J connectivity index is 1.09. The lowest BCUT2D eigenvalue weighted by Crippen LogP contribution is -2.59. The van der Waals surface area contributed by atoms with Gasteiger partial charge in [0.2, 0.25) is 13.4 Å². The predicted octanol–water partition coefficient (Wildman–Crippen LogP) is 15.4. The monoisotopic (exact) mass is 1100 g/mol. The van der Waals surface area contributed by atoms with Gasteiger partial charge in [-0.3, -0.25) is 0 Å². The van der Waals surface area contributed by atoms with Gasteiger partial charge in [0.25, 0.3) is 0 Å². The van der Waals surface area contributed by atoms with Crippen molar-refractivity contribution >= 4 is 89.8 Å². The molecular formula is C82H70B2N2. The van der Waals surface area contributed by atoms with Crippen molar-refractivity contribution in [2.24, 2.45) is 0 Å². The average Bonchev–Trinajstić information content (AvgIpc) is 1.22. The van der Waals surface area contributed by atoms with Gasteiger partial charge in [-0.15, -0.1) is 0 Å². The molecule has 0 radical (unpaired) electrons. The number of rotatable bonds is 8. The number of hydrogen-bond donors (Lipinski definition) is 0. The second kappa shape index (κ2) is 22.4. The molecule has 0 unspecified atom stereocenters. The minimum absolute atomic E-state index is 0.164. The average molecular weight is 1110 g/mol. The molecule has 13 rings (SSSR count). The molecule has 0 saturated carbocycles. The van der Waals surface area contributed by atoms with E-state index in [9.17, 15) is 0 Å². The van der Waals surface area contributed by atoms with E-state index in [1.807, 2.05) is 0 Å². The Hall–Kier alpha value is -9.73. The Morgan fingerprint density at radius 1 is 0.256 bits per heavy atom. The first-order chi connectivity index (χ1) is 41.6. The molecule has 0 fully saturated rings. The highest BCUT2D eigenvalue weighted by molar-refractivity contribution is 6.98. The van der Waals surface area contributed by atoms with Gasteiger partial charge in [0.05, 0.1) is 22.1 Å². The molecule has 0 bridgehead atoms. The van der Waals surface area contributed by atoms with Crippen LogP contribution in [0.4, 0.5) is 0 Å². The Morgan fingerprint density at radius 2 is 0.488 bits per heavy atom. The highest BCUT2D eigenvalue weighted by Gasteiger charge is 2.35. The van der Waals surface area contributed by atoms with Crippen molar-refractivity contribution in [2.45, 2.75) is 83.1 Å². The van der Waals surface area contributed by atoms with E-state index in [4.69, 9.17) is 0 Å². The van der Waals surface area contributed by atoms with Gasteiger partial charge in [-0.05, 0) is 156 Å². The fraction of sp³-hybridized carbons (Fsp3) is 0.146. The van der Waals surface area contributed by atoms with Crippen LogP contribution in [0, 0.1) is 107 Å². The molecule has 0 atom stereocenters. The van der Waals surface area contributed by atoms with Crippen LogP contribution in [0.5, 0.6) is 0 Å². The van der Waals surface area contributed by atoms with Crippen molar-refractivity contribution in [3.05, 3.63) is 295 Å². The Labute approximate surface area is 509 Å². The maximum atomic E-state index is 3.98. The first-order valence-corrected chi connectivity index (χ1v) is 30.3. The number of aromatic nitrogens is 2. The summed E-state index contributed by atoms with van der Waals surface area (Å²) < 4.78 is 4.75. The van der Waals surface area contributed by atoms with Crippen LogP contribution in [-0.4, -0.2) is 22.6 Å². The lowest BCUT2D eigenvalue weighted by molar-refractivity contribution is 1.18. The molecule has 0 aliphatic heterocycles. The van der Waals surface area contributed by atoms with E-state index < -0.39 is 0 Å². The molecule has 0 spiro atoms. The van der Waals surface area contributed by atoms with E-state index in [0.717, 1.165) is 44.6 Å². The summed E-state index contributed by atoms with van der Waals surface area (Å²) in [5, 5.41) is 4.98. The van der Waals surface area contributed by atoms with Crippen molar-refractivity contribution in [1.29, 1.82) is 0 Å². The van der Waals surface area contributed by atoms with Crippen molar-refractivity contribution < 1.29 is 0 Å². The summed E-state index contributed by atoms with van der Waals surface area (Å²) in [5.74, 6) is 15.6. The number of benzene rings is 11. The third-order valence-corrected chi connectivity index (χ3v) is 18.0. The van der Waals surface area contributed by atoms with E-state index in [1.165, 1.54) is 132 Å². The molecule has 0 saturated heterocycles. The van der Waals surface area contributed by atoms with Crippen molar-refractivity contribution in [3.8, 4) is 35.1 Å². The zero-order valence-corrected chi connectivity index (χ0v) is 51.7. The van der Waals surface area contributed by atoms with E-state index in [0.29, 0.717) is 0 Å². The lowest BCUT2D eigenvalue weighted by atomic mass is 9.31. The smallest absolute Gasteiger partial charge is 0.244 e. The summed E-state index contributed by atoms with van der Waals surface area (Å²) in [6.07, 6.45) is 0. The van der Waals surface area contributed by atoms with Crippen LogP contribution < -0.4 is 32.8 Å². The number of nitrogens with zero attached hydrogens (tertiary/aromatic N) is 2. The quantitative estimate of drug-likeness (QED) is 0.106. The normalized spacial score (nSPS) is 11.3. The van der Waals surface area contributed by atoms with E-state index >= 15 is 0 Å².